The highest BCUT2D eigenvalue weighted by Crippen LogP contribution is 2.29. The molecule has 3 rings (SSSR count). The number of alkyl halides is 4. The standard InChI is InChI=1S/C15H12F4N4O/c1-8-7-10(24-15(17,18)19)3-4-11(8)12-5-6-13-20-21-14(9(2)16)23(13)22-12/h3-7,9H,1-2H3. The lowest BCUT2D eigenvalue weighted by atomic mass is 10.1. The molecule has 2 aromatic heterocycles. The Bertz CT molecular complexity index is 889. The molecule has 5 nitrogen and oxygen atoms in total. The summed E-state index contributed by atoms with van der Waals surface area (Å²) < 4.78 is 55.5. The van der Waals surface area contributed by atoms with Crippen LogP contribution in [0.2, 0.25) is 0 Å². The van der Waals surface area contributed by atoms with Crippen LogP contribution >= 0.6 is 0 Å². The Balaban J connectivity index is 2.02. The van der Waals surface area contributed by atoms with Gasteiger partial charge in [0.1, 0.15) is 5.75 Å². The molecule has 3 aromatic rings. The largest absolute Gasteiger partial charge is 0.573 e. The van der Waals surface area contributed by atoms with Crippen molar-refractivity contribution in [2.24, 2.45) is 0 Å². The van der Waals surface area contributed by atoms with E-state index in [2.05, 4.69) is 20.0 Å². The molecule has 0 aliphatic rings. The maximum Gasteiger partial charge on any atom is 0.573 e. The average molecular weight is 340 g/mol. The van der Waals surface area contributed by atoms with Gasteiger partial charge in [0.15, 0.2) is 17.6 Å². The molecular formula is C15H12F4N4O. The Kier molecular flexibility index (Phi) is 3.86. The molecule has 2 heterocycles. The van der Waals surface area contributed by atoms with Crippen molar-refractivity contribution in [1.82, 2.24) is 19.8 Å². The molecular weight excluding hydrogens is 328 g/mol. The van der Waals surface area contributed by atoms with E-state index in [-0.39, 0.29) is 11.6 Å². The van der Waals surface area contributed by atoms with Crippen LogP contribution in [-0.2, 0) is 0 Å². The van der Waals surface area contributed by atoms with Crippen molar-refractivity contribution in [2.75, 3.05) is 0 Å². The summed E-state index contributed by atoms with van der Waals surface area (Å²) in [5.41, 5.74) is 1.97. The number of hydrogen-bond donors (Lipinski definition) is 0. The first-order valence-electron chi connectivity index (χ1n) is 6.98. The molecule has 1 aromatic carbocycles. The highest BCUT2D eigenvalue weighted by molar-refractivity contribution is 5.65. The molecule has 9 heteroatoms. The maximum absolute atomic E-state index is 13.5. The molecule has 0 spiro atoms. The number of fused-ring (bicyclic) bond motifs is 1. The van der Waals surface area contributed by atoms with Gasteiger partial charge in [0, 0.05) is 5.56 Å². The van der Waals surface area contributed by atoms with Gasteiger partial charge in [-0.05, 0) is 49.7 Å². The van der Waals surface area contributed by atoms with Crippen LogP contribution < -0.4 is 4.74 Å². The van der Waals surface area contributed by atoms with Gasteiger partial charge in [0.2, 0.25) is 0 Å². The molecule has 1 unspecified atom stereocenters. The zero-order valence-electron chi connectivity index (χ0n) is 12.7. The average Bonchev–Trinajstić information content (AvgIpc) is 2.88. The first-order valence-corrected chi connectivity index (χ1v) is 6.98. The van der Waals surface area contributed by atoms with E-state index in [4.69, 9.17) is 0 Å². The maximum atomic E-state index is 13.5. The van der Waals surface area contributed by atoms with Gasteiger partial charge in [-0.3, -0.25) is 0 Å². The fraction of sp³-hybridized carbons (Fsp3) is 0.267. The van der Waals surface area contributed by atoms with Crippen molar-refractivity contribution in [2.45, 2.75) is 26.4 Å². The Morgan fingerprint density at radius 3 is 2.50 bits per heavy atom. The topological polar surface area (TPSA) is 52.3 Å². The molecule has 1 atom stereocenters. The molecule has 0 amide bonds. The fourth-order valence-electron chi connectivity index (χ4n) is 2.32. The van der Waals surface area contributed by atoms with E-state index >= 15 is 0 Å². The molecule has 0 aliphatic carbocycles. The van der Waals surface area contributed by atoms with Gasteiger partial charge < -0.3 is 4.74 Å². The van der Waals surface area contributed by atoms with Crippen LogP contribution in [0.3, 0.4) is 0 Å². The number of halogens is 4. The van der Waals surface area contributed by atoms with Crippen molar-refractivity contribution in [3.8, 4) is 17.0 Å². The lowest BCUT2D eigenvalue weighted by Crippen LogP contribution is -2.17. The van der Waals surface area contributed by atoms with Crippen molar-refractivity contribution < 1.29 is 22.3 Å². The van der Waals surface area contributed by atoms with Crippen LogP contribution in [-0.4, -0.2) is 26.2 Å². The van der Waals surface area contributed by atoms with Crippen LogP contribution in [0.1, 0.15) is 24.5 Å². The second-order valence-corrected chi connectivity index (χ2v) is 5.19. The minimum Gasteiger partial charge on any atom is -0.406 e. The Morgan fingerprint density at radius 1 is 1.12 bits per heavy atom. The molecule has 0 N–H and O–H groups in total. The van der Waals surface area contributed by atoms with Crippen molar-refractivity contribution in [1.29, 1.82) is 0 Å². The monoisotopic (exact) mass is 340 g/mol. The van der Waals surface area contributed by atoms with Gasteiger partial charge in [-0.2, -0.15) is 9.61 Å². The molecule has 126 valence electrons. The molecule has 0 aliphatic heterocycles. The van der Waals surface area contributed by atoms with Gasteiger partial charge in [-0.1, -0.05) is 0 Å². The minimum atomic E-state index is -4.75. The van der Waals surface area contributed by atoms with Crippen molar-refractivity contribution >= 4 is 5.65 Å². The normalized spacial score (nSPS) is 13.2. The minimum absolute atomic E-state index is 0.0570. The number of nitrogens with zero attached hydrogens (tertiary/aromatic N) is 4. The summed E-state index contributed by atoms with van der Waals surface area (Å²) in [4.78, 5) is 0. The van der Waals surface area contributed by atoms with Gasteiger partial charge in [-0.25, -0.2) is 4.39 Å². The van der Waals surface area contributed by atoms with E-state index in [9.17, 15) is 17.6 Å². The molecule has 0 saturated heterocycles. The summed E-state index contributed by atoms with van der Waals surface area (Å²) in [6, 6.07) is 7.18. The second-order valence-electron chi connectivity index (χ2n) is 5.19. The summed E-state index contributed by atoms with van der Waals surface area (Å²) >= 11 is 0. The fourth-order valence-corrected chi connectivity index (χ4v) is 2.32. The number of aromatic nitrogens is 4. The smallest absolute Gasteiger partial charge is 0.406 e. The lowest BCUT2D eigenvalue weighted by molar-refractivity contribution is -0.274. The third kappa shape index (κ3) is 3.15. The first kappa shape index (κ1) is 16.2. The predicted octanol–water partition coefficient (Wildman–Crippen LogP) is 4.03. The Labute approximate surface area is 133 Å². The summed E-state index contributed by atoms with van der Waals surface area (Å²) in [5, 5.41) is 11.8. The highest BCUT2D eigenvalue weighted by Gasteiger charge is 2.31. The summed E-state index contributed by atoms with van der Waals surface area (Å²) in [5.74, 6) is -0.256. The van der Waals surface area contributed by atoms with Crippen LogP contribution in [0.25, 0.3) is 16.9 Å². The first-order chi connectivity index (χ1) is 11.2. The van der Waals surface area contributed by atoms with E-state index in [0.717, 1.165) is 0 Å². The predicted molar refractivity (Wildman–Crippen MR) is 77.2 cm³/mol. The van der Waals surface area contributed by atoms with E-state index in [1.54, 1.807) is 19.1 Å². The van der Waals surface area contributed by atoms with Crippen molar-refractivity contribution in [3.05, 3.63) is 41.7 Å². The SMILES string of the molecule is Cc1cc(OC(F)(F)F)ccc1-c1ccc2nnc(C(C)F)n2n1. The molecule has 0 radical (unpaired) electrons. The number of benzene rings is 1. The van der Waals surface area contributed by atoms with E-state index in [1.807, 2.05) is 0 Å². The molecule has 0 bridgehead atoms. The van der Waals surface area contributed by atoms with Crippen molar-refractivity contribution in [3.63, 3.8) is 0 Å². The van der Waals surface area contributed by atoms with Crippen LogP contribution in [0.4, 0.5) is 17.6 Å². The quantitative estimate of drug-likeness (QED) is 0.676. The van der Waals surface area contributed by atoms with Gasteiger partial charge in [-0.15, -0.1) is 23.4 Å². The van der Waals surface area contributed by atoms with Crippen LogP contribution in [0.15, 0.2) is 30.3 Å². The summed E-state index contributed by atoms with van der Waals surface area (Å²) in [7, 11) is 0. The van der Waals surface area contributed by atoms with Gasteiger partial charge >= 0.3 is 6.36 Å². The number of hydrogen-bond acceptors (Lipinski definition) is 4. The van der Waals surface area contributed by atoms with E-state index < -0.39 is 12.5 Å². The van der Waals surface area contributed by atoms with Crippen LogP contribution in [0, 0.1) is 6.92 Å². The molecule has 24 heavy (non-hydrogen) atoms. The van der Waals surface area contributed by atoms with E-state index in [1.165, 1.54) is 29.6 Å². The van der Waals surface area contributed by atoms with E-state index in [0.29, 0.717) is 22.5 Å². The summed E-state index contributed by atoms with van der Waals surface area (Å²) in [6.07, 6.45) is -6.11. The lowest BCUT2D eigenvalue weighted by Gasteiger charge is -2.11. The van der Waals surface area contributed by atoms with Crippen LogP contribution in [0.5, 0.6) is 5.75 Å². The second kappa shape index (κ2) is 5.73. The third-order valence-corrected chi connectivity index (χ3v) is 3.35. The number of ether oxygens (including phenoxy) is 1. The number of aryl methyl sites for hydroxylation is 1. The zero-order valence-corrected chi connectivity index (χ0v) is 12.7. The summed E-state index contributed by atoms with van der Waals surface area (Å²) in [6.45, 7) is 2.95. The highest BCUT2D eigenvalue weighted by atomic mass is 19.4. The molecule has 0 fully saturated rings. The van der Waals surface area contributed by atoms with Gasteiger partial charge in [0.25, 0.3) is 0 Å². The Morgan fingerprint density at radius 2 is 1.88 bits per heavy atom. The number of rotatable bonds is 3. The van der Waals surface area contributed by atoms with Gasteiger partial charge in [0.05, 0.1) is 5.69 Å². The third-order valence-electron chi connectivity index (χ3n) is 3.35. The Hall–Kier alpha value is -2.71. The zero-order chi connectivity index (χ0) is 17.5. The molecule has 0 saturated carbocycles.